The molecule has 7 heteroatoms. The Morgan fingerprint density at radius 2 is 1.93 bits per heavy atom. The van der Waals surface area contributed by atoms with E-state index in [0.717, 1.165) is 19.3 Å². The fourth-order valence-corrected chi connectivity index (χ4v) is 3.99. The summed E-state index contributed by atoms with van der Waals surface area (Å²) in [7, 11) is 0. The van der Waals surface area contributed by atoms with Gasteiger partial charge in [0.1, 0.15) is 5.82 Å². The Hall–Kier alpha value is -3.22. The zero-order valence-corrected chi connectivity index (χ0v) is 16.7. The Kier molecular flexibility index (Phi) is 5.53. The summed E-state index contributed by atoms with van der Waals surface area (Å²) in [5.74, 6) is -2.69. The number of carbonyl (C=O) groups is 3. The molecule has 156 valence electrons. The topological polar surface area (TPSA) is 75.7 Å². The molecule has 0 spiro atoms. The molecule has 2 amide bonds. The van der Waals surface area contributed by atoms with Crippen LogP contribution >= 0.6 is 0 Å². The van der Waals surface area contributed by atoms with Gasteiger partial charge in [-0.3, -0.25) is 14.4 Å². The van der Waals surface area contributed by atoms with Crippen molar-refractivity contribution in [3.8, 4) is 0 Å². The molecule has 0 unspecified atom stereocenters. The number of amides is 2. The van der Waals surface area contributed by atoms with E-state index in [-0.39, 0.29) is 24.6 Å². The number of esters is 1. The summed E-state index contributed by atoms with van der Waals surface area (Å²) < 4.78 is 19.3. The van der Waals surface area contributed by atoms with Crippen molar-refractivity contribution in [3.05, 3.63) is 59.4 Å². The summed E-state index contributed by atoms with van der Waals surface area (Å²) in [4.78, 5) is 38.5. The van der Waals surface area contributed by atoms with Crippen molar-refractivity contribution >= 4 is 29.2 Å². The lowest BCUT2D eigenvalue weighted by Crippen LogP contribution is -2.33. The lowest BCUT2D eigenvalue weighted by atomic mass is 10.1. The largest absolute Gasteiger partial charge is 0.452 e. The first kappa shape index (κ1) is 20.1. The van der Waals surface area contributed by atoms with Crippen molar-refractivity contribution in [2.75, 3.05) is 16.8 Å². The Bertz CT molecular complexity index is 1010. The van der Waals surface area contributed by atoms with E-state index in [1.54, 1.807) is 6.07 Å². The van der Waals surface area contributed by atoms with Gasteiger partial charge in [0.05, 0.1) is 11.6 Å². The number of nitrogens with zero attached hydrogens (tertiary/aromatic N) is 1. The van der Waals surface area contributed by atoms with Gasteiger partial charge in [0, 0.05) is 18.7 Å². The van der Waals surface area contributed by atoms with Crippen LogP contribution in [0.2, 0.25) is 0 Å². The Labute approximate surface area is 174 Å². The van der Waals surface area contributed by atoms with Crippen molar-refractivity contribution in [1.82, 2.24) is 0 Å². The van der Waals surface area contributed by atoms with Crippen LogP contribution in [0.5, 0.6) is 0 Å². The molecule has 1 aliphatic heterocycles. The number of halogens is 1. The van der Waals surface area contributed by atoms with Crippen LogP contribution in [0.3, 0.4) is 0 Å². The molecule has 1 aliphatic carbocycles. The molecule has 2 aromatic carbocycles. The first-order chi connectivity index (χ1) is 14.4. The molecule has 0 bridgehead atoms. The van der Waals surface area contributed by atoms with Gasteiger partial charge in [0.25, 0.3) is 5.91 Å². The van der Waals surface area contributed by atoms with Gasteiger partial charge in [-0.1, -0.05) is 18.2 Å². The number of hydrogen-bond donors (Lipinski definition) is 1. The highest BCUT2D eigenvalue weighted by Crippen LogP contribution is 2.28. The number of anilines is 2. The van der Waals surface area contributed by atoms with Crippen LogP contribution in [0, 0.1) is 11.7 Å². The van der Waals surface area contributed by atoms with Crippen LogP contribution in [0.25, 0.3) is 0 Å². The highest BCUT2D eigenvalue weighted by Gasteiger charge is 2.38. The summed E-state index contributed by atoms with van der Waals surface area (Å²) in [5.41, 5.74) is 3.35. The van der Waals surface area contributed by atoms with Crippen molar-refractivity contribution in [1.29, 1.82) is 0 Å². The van der Waals surface area contributed by atoms with Gasteiger partial charge < -0.3 is 15.0 Å². The molecule has 1 fully saturated rings. The summed E-state index contributed by atoms with van der Waals surface area (Å²) in [5, 5.41) is 2.78. The normalized spacial score (nSPS) is 18.8. The maximum Gasteiger partial charge on any atom is 0.312 e. The van der Waals surface area contributed by atoms with Gasteiger partial charge in [0.2, 0.25) is 5.91 Å². The van der Waals surface area contributed by atoms with Crippen LogP contribution in [-0.4, -0.2) is 30.4 Å². The number of benzene rings is 2. The van der Waals surface area contributed by atoms with Gasteiger partial charge in [-0.2, -0.15) is 0 Å². The molecule has 30 heavy (non-hydrogen) atoms. The minimum absolute atomic E-state index is 0.0256. The van der Waals surface area contributed by atoms with E-state index < -0.39 is 29.7 Å². The van der Waals surface area contributed by atoms with Crippen LogP contribution < -0.4 is 10.2 Å². The number of nitrogens with one attached hydrogen (secondary N) is 1. The Morgan fingerprint density at radius 3 is 2.73 bits per heavy atom. The Morgan fingerprint density at radius 1 is 1.17 bits per heavy atom. The lowest BCUT2D eigenvalue weighted by molar-refractivity contribution is -0.157. The second-order valence-electron chi connectivity index (χ2n) is 7.76. The average molecular weight is 410 g/mol. The van der Waals surface area contributed by atoms with E-state index in [0.29, 0.717) is 5.69 Å². The summed E-state index contributed by atoms with van der Waals surface area (Å²) in [6.45, 7) is 1.52. The quantitative estimate of drug-likeness (QED) is 0.768. The first-order valence-corrected chi connectivity index (χ1v) is 10.1. The Balaban J connectivity index is 1.35. The van der Waals surface area contributed by atoms with E-state index in [1.165, 1.54) is 41.1 Å². The van der Waals surface area contributed by atoms with Crippen molar-refractivity contribution in [2.45, 2.75) is 38.7 Å². The third kappa shape index (κ3) is 4.06. The highest BCUT2D eigenvalue weighted by atomic mass is 19.1. The van der Waals surface area contributed by atoms with E-state index in [4.69, 9.17) is 4.74 Å². The molecule has 4 rings (SSSR count). The second kappa shape index (κ2) is 8.26. The van der Waals surface area contributed by atoms with E-state index in [2.05, 4.69) is 5.32 Å². The molecule has 0 radical (unpaired) electrons. The SMILES string of the molecule is C[C@H](OC(=O)[C@H]1CC(=O)N(c2ccccc2F)C1)C(=O)Nc1ccc2c(c1)CCC2. The standard InChI is InChI=1S/C23H23FN2O4/c1-14(22(28)25-18-10-9-15-5-4-6-16(15)11-18)30-23(29)17-12-21(27)26(13-17)20-8-3-2-7-19(20)24/h2-3,7-11,14,17H,4-6,12-13H2,1H3,(H,25,28)/t14-,17-/m0/s1. The van der Waals surface area contributed by atoms with Gasteiger partial charge >= 0.3 is 5.97 Å². The number of fused-ring (bicyclic) bond motifs is 1. The summed E-state index contributed by atoms with van der Waals surface area (Å²) in [6.07, 6.45) is 2.08. The molecular weight excluding hydrogens is 387 g/mol. The minimum atomic E-state index is -1.01. The zero-order chi connectivity index (χ0) is 21.3. The molecule has 6 nitrogen and oxygen atoms in total. The fraction of sp³-hybridized carbons (Fsp3) is 0.348. The number of hydrogen-bond acceptors (Lipinski definition) is 4. The highest BCUT2D eigenvalue weighted by molar-refractivity contribution is 6.00. The lowest BCUT2D eigenvalue weighted by Gasteiger charge is -2.18. The minimum Gasteiger partial charge on any atom is -0.452 e. The van der Waals surface area contributed by atoms with Crippen molar-refractivity contribution < 1.29 is 23.5 Å². The van der Waals surface area contributed by atoms with E-state index in [1.807, 2.05) is 18.2 Å². The molecule has 1 saturated heterocycles. The maximum absolute atomic E-state index is 14.0. The monoisotopic (exact) mass is 410 g/mol. The number of para-hydroxylation sites is 1. The smallest absolute Gasteiger partial charge is 0.312 e. The van der Waals surface area contributed by atoms with Crippen molar-refractivity contribution in [3.63, 3.8) is 0 Å². The molecular formula is C23H23FN2O4. The zero-order valence-electron chi connectivity index (χ0n) is 16.7. The van der Waals surface area contributed by atoms with Gasteiger partial charge in [0.15, 0.2) is 6.10 Å². The predicted molar refractivity (Wildman–Crippen MR) is 110 cm³/mol. The third-order valence-electron chi connectivity index (χ3n) is 5.63. The van der Waals surface area contributed by atoms with Gasteiger partial charge in [-0.05, 0) is 61.6 Å². The number of rotatable bonds is 5. The van der Waals surface area contributed by atoms with Crippen LogP contribution in [0.1, 0.15) is 30.9 Å². The molecule has 2 aliphatic rings. The maximum atomic E-state index is 14.0. The van der Waals surface area contributed by atoms with E-state index in [9.17, 15) is 18.8 Å². The summed E-state index contributed by atoms with van der Waals surface area (Å²) >= 11 is 0. The number of ether oxygens (including phenoxy) is 1. The van der Waals surface area contributed by atoms with Crippen LogP contribution in [0.15, 0.2) is 42.5 Å². The average Bonchev–Trinajstić information content (AvgIpc) is 3.34. The third-order valence-corrected chi connectivity index (χ3v) is 5.63. The first-order valence-electron chi connectivity index (χ1n) is 10.1. The molecule has 2 atom stereocenters. The fourth-order valence-electron chi connectivity index (χ4n) is 3.99. The van der Waals surface area contributed by atoms with Gasteiger partial charge in [-0.25, -0.2) is 4.39 Å². The predicted octanol–water partition coefficient (Wildman–Crippen LogP) is 3.24. The number of carbonyl (C=O) groups excluding carboxylic acids is 3. The van der Waals surface area contributed by atoms with Crippen LogP contribution in [0.4, 0.5) is 15.8 Å². The number of aryl methyl sites for hydroxylation is 2. The van der Waals surface area contributed by atoms with Gasteiger partial charge in [-0.15, -0.1) is 0 Å². The molecule has 1 N–H and O–H groups in total. The second-order valence-corrected chi connectivity index (χ2v) is 7.76. The summed E-state index contributed by atoms with van der Waals surface area (Å²) in [6, 6.07) is 11.7. The van der Waals surface area contributed by atoms with Crippen LogP contribution in [-0.2, 0) is 32.0 Å². The molecule has 0 aromatic heterocycles. The molecule has 2 aromatic rings. The van der Waals surface area contributed by atoms with E-state index >= 15 is 0 Å². The van der Waals surface area contributed by atoms with Crippen molar-refractivity contribution in [2.24, 2.45) is 5.92 Å². The molecule has 1 heterocycles. The molecule has 0 saturated carbocycles.